The van der Waals surface area contributed by atoms with E-state index in [9.17, 15) is 9.59 Å². The second-order valence-corrected chi connectivity index (χ2v) is 8.82. The molecule has 2 heterocycles. The highest BCUT2D eigenvalue weighted by Gasteiger charge is 2.34. The first-order chi connectivity index (χ1) is 17.6. The molecule has 1 aliphatic rings. The average molecular weight is 475 g/mol. The molecule has 5 rings (SSSR count). The summed E-state index contributed by atoms with van der Waals surface area (Å²) in [6, 6.07) is 27.1. The van der Waals surface area contributed by atoms with Crippen LogP contribution >= 0.6 is 0 Å². The van der Waals surface area contributed by atoms with E-state index in [-0.39, 0.29) is 18.4 Å². The third-order valence-electron chi connectivity index (χ3n) is 6.35. The van der Waals surface area contributed by atoms with Crippen LogP contribution < -0.4 is 5.73 Å². The molecule has 0 bridgehead atoms. The van der Waals surface area contributed by atoms with Gasteiger partial charge in [0.15, 0.2) is 0 Å². The second-order valence-electron chi connectivity index (χ2n) is 8.82. The van der Waals surface area contributed by atoms with Crippen molar-refractivity contribution in [2.75, 3.05) is 0 Å². The van der Waals surface area contributed by atoms with Gasteiger partial charge in [-0.25, -0.2) is 0 Å². The van der Waals surface area contributed by atoms with Gasteiger partial charge in [-0.2, -0.15) is 0 Å². The van der Waals surface area contributed by atoms with Crippen molar-refractivity contribution >= 4 is 17.6 Å². The summed E-state index contributed by atoms with van der Waals surface area (Å²) in [6.07, 6.45) is 5.31. The predicted molar refractivity (Wildman–Crippen MR) is 140 cm³/mol. The van der Waals surface area contributed by atoms with Gasteiger partial charge in [0.1, 0.15) is 5.84 Å². The molecule has 178 valence electrons. The van der Waals surface area contributed by atoms with E-state index in [2.05, 4.69) is 34.2 Å². The van der Waals surface area contributed by atoms with Crippen LogP contribution in [-0.2, 0) is 25.9 Å². The van der Waals surface area contributed by atoms with Crippen molar-refractivity contribution in [2.24, 2.45) is 10.7 Å². The molecule has 4 aromatic rings. The van der Waals surface area contributed by atoms with Crippen molar-refractivity contribution in [1.29, 1.82) is 0 Å². The van der Waals surface area contributed by atoms with Crippen LogP contribution in [0.5, 0.6) is 0 Å². The summed E-state index contributed by atoms with van der Waals surface area (Å²) < 4.78 is 0. The third kappa shape index (κ3) is 5.08. The molecule has 6 nitrogen and oxygen atoms in total. The maximum Gasteiger partial charge on any atom is 0.261 e. The standard InChI is InChI=1S/C30H26N4O2/c31-28(33-19-24-4-3-17-32-18-24)25-15-13-22(14-16-25)8-7-21-9-11-23(12-10-21)20-34-29(35)26-5-1-2-6-27(26)30(34)36/h1-6,9-18H,7-8,19-20H2,(H2,31,33). The van der Waals surface area contributed by atoms with E-state index in [1.807, 2.05) is 36.4 Å². The largest absolute Gasteiger partial charge is 0.383 e. The van der Waals surface area contributed by atoms with Crippen molar-refractivity contribution in [1.82, 2.24) is 9.88 Å². The summed E-state index contributed by atoms with van der Waals surface area (Å²) in [5, 5.41) is 0. The van der Waals surface area contributed by atoms with Crippen molar-refractivity contribution in [3.63, 3.8) is 0 Å². The molecule has 3 aromatic carbocycles. The Morgan fingerprint density at radius 3 is 1.89 bits per heavy atom. The van der Waals surface area contributed by atoms with Gasteiger partial charge in [-0.15, -0.1) is 0 Å². The van der Waals surface area contributed by atoms with E-state index in [1.54, 1.807) is 36.7 Å². The number of carbonyl (C=O) groups excluding carboxylic acids is 2. The highest BCUT2D eigenvalue weighted by Crippen LogP contribution is 2.24. The molecule has 36 heavy (non-hydrogen) atoms. The smallest absolute Gasteiger partial charge is 0.261 e. The van der Waals surface area contributed by atoms with Crippen molar-refractivity contribution in [2.45, 2.75) is 25.9 Å². The van der Waals surface area contributed by atoms with Gasteiger partial charge in [-0.3, -0.25) is 24.5 Å². The van der Waals surface area contributed by atoms with Gasteiger partial charge in [-0.05, 0) is 53.3 Å². The molecule has 1 aromatic heterocycles. The number of fused-ring (bicyclic) bond motifs is 1. The van der Waals surface area contributed by atoms with E-state index >= 15 is 0 Å². The van der Waals surface area contributed by atoms with Gasteiger partial charge in [0.2, 0.25) is 0 Å². The number of amides is 2. The molecule has 0 saturated heterocycles. The molecule has 2 amide bonds. The normalized spacial score (nSPS) is 13.2. The number of amidine groups is 1. The summed E-state index contributed by atoms with van der Waals surface area (Å²) in [7, 11) is 0. The summed E-state index contributed by atoms with van der Waals surface area (Å²) in [4.78, 5) is 35.1. The zero-order valence-corrected chi connectivity index (χ0v) is 19.8. The first-order valence-corrected chi connectivity index (χ1v) is 11.9. The minimum absolute atomic E-state index is 0.231. The first-order valence-electron chi connectivity index (χ1n) is 11.9. The van der Waals surface area contributed by atoms with Gasteiger partial charge < -0.3 is 5.73 Å². The Morgan fingerprint density at radius 2 is 1.31 bits per heavy atom. The fourth-order valence-electron chi connectivity index (χ4n) is 4.27. The fourth-order valence-corrected chi connectivity index (χ4v) is 4.27. The SMILES string of the molecule is NC(=NCc1cccnc1)c1ccc(CCc2ccc(CN3C(=O)c4ccccc4C3=O)cc2)cc1. The van der Waals surface area contributed by atoms with E-state index in [0.717, 1.165) is 29.5 Å². The van der Waals surface area contributed by atoms with E-state index in [1.165, 1.54) is 16.0 Å². The Balaban J connectivity index is 1.15. The lowest BCUT2D eigenvalue weighted by Crippen LogP contribution is -2.29. The number of rotatable bonds is 8. The van der Waals surface area contributed by atoms with Crippen LogP contribution in [-0.4, -0.2) is 27.5 Å². The molecular weight excluding hydrogens is 448 g/mol. The highest BCUT2D eigenvalue weighted by molar-refractivity contribution is 6.21. The molecule has 2 N–H and O–H groups in total. The molecule has 1 aliphatic heterocycles. The third-order valence-corrected chi connectivity index (χ3v) is 6.35. The van der Waals surface area contributed by atoms with E-state index in [4.69, 9.17) is 5.73 Å². The number of nitrogens with zero attached hydrogens (tertiary/aromatic N) is 3. The number of aryl methyl sites for hydroxylation is 2. The Kier molecular flexibility index (Phi) is 6.67. The summed E-state index contributed by atoms with van der Waals surface area (Å²) >= 11 is 0. The lowest BCUT2D eigenvalue weighted by molar-refractivity contribution is 0.0642. The van der Waals surface area contributed by atoms with Crippen molar-refractivity contribution < 1.29 is 9.59 Å². The molecule has 6 heteroatoms. The van der Waals surface area contributed by atoms with Gasteiger partial charge in [0.05, 0.1) is 24.2 Å². The minimum Gasteiger partial charge on any atom is -0.383 e. The van der Waals surface area contributed by atoms with Crippen LogP contribution in [0.3, 0.4) is 0 Å². The Hall–Kier alpha value is -4.58. The van der Waals surface area contributed by atoms with Crippen LogP contribution in [0.2, 0.25) is 0 Å². The van der Waals surface area contributed by atoms with Crippen LogP contribution in [0, 0.1) is 0 Å². The Labute approximate surface area is 210 Å². The molecule has 0 spiro atoms. The molecule has 0 aliphatic carbocycles. The summed E-state index contributed by atoms with van der Waals surface area (Å²) in [5.74, 6) is 0.0517. The summed E-state index contributed by atoms with van der Waals surface area (Å²) in [5.41, 5.74) is 12.4. The van der Waals surface area contributed by atoms with Gasteiger partial charge in [0.25, 0.3) is 11.8 Å². The second kappa shape index (κ2) is 10.4. The molecule has 0 saturated carbocycles. The van der Waals surface area contributed by atoms with E-state index in [0.29, 0.717) is 23.5 Å². The lowest BCUT2D eigenvalue weighted by Gasteiger charge is -2.14. The number of aliphatic imine (C=N–C) groups is 1. The fraction of sp³-hybridized carbons (Fsp3) is 0.133. The number of pyridine rings is 1. The number of hydrogen-bond donors (Lipinski definition) is 1. The molecule has 0 fully saturated rings. The maximum absolute atomic E-state index is 12.6. The summed E-state index contributed by atoms with van der Waals surface area (Å²) in [6.45, 7) is 0.780. The van der Waals surface area contributed by atoms with Crippen LogP contribution in [0.25, 0.3) is 0 Å². The average Bonchev–Trinajstić information content (AvgIpc) is 3.17. The number of benzene rings is 3. The number of hydrogen-bond acceptors (Lipinski definition) is 4. The first kappa shape index (κ1) is 23.2. The maximum atomic E-state index is 12.6. The molecule has 0 unspecified atom stereocenters. The molecule has 0 radical (unpaired) electrons. The van der Waals surface area contributed by atoms with Crippen molar-refractivity contribution in [3.05, 3.63) is 136 Å². The molecule has 0 atom stereocenters. The predicted octanol–water partition coefficient (Wildman–Crippen LogP) is 4.57. The van der Waals surface area contributed by atoms with E-state index < -0.39 is 0 Å². The van der Waals surface area contributed by atoms with Gasteiger partial charge in [-0.1, -0.05) is 66.7 Å². The van der Waals surface area contributed by atoms with Gasteiger partial charge in [0, 0.05) is 18.0 Å². The van der Waals surface area contributed by atoms with Crippen LogP contribution in [0.4, 0.5) is 0 Å². The Morgan fingerprint density at radius 1 is 0.722 bits per heavy atom. The highest BCUT2D eigenvalue weighted by atomic mass is 16.2. The molecular formula is C30H26N4O2. The van der Waals surface area contributed by atoms with Crippen LogP contribution in [0.15, 0.2) is 102 Å². The monoisotopic (exact) mass is 474 g/mol. The number of carbonyl (C=O) groups is 2. The van der Waals surface area contributed by atoms with Gasteiger partial charge >= 0.3 is 0 Å². The topological polar surface area (TPSA) is 88.7 Å². The number of nitrogens with two attached hydrogens (primary N) is 1. The van der Waals surface area contributed by atoms with Crippen molar-refractivity contribution in [3.8, 4) is 0 Å². The van der Waals surface area contributed by atoms with Crippen LogP contribution in [0.1, 0.15) is 48.5 Å². The number of imide groups is 1. The quantitative estimate of drug-likeness (QED) is 0.230. The zero-order chi connectivity index (χ0) is 24.9. The Bertz CT molecular complexity index is 1380. The number of aromatic nitrogens is 1. The minimum atomic E-state index is -0.231. The lowest BCUT2D eigenvalue weighted by atomic mass is 10.0. The zero-order valence-electron chi connectivity index (χ0n) is 19.8.